The maximum atomic E-state index is 12.3. The van der Waals surface area contributed by atoms with E-state index in [4.69, 9.17) is 0 Å². The first-order valence-corrected chi connectivity index (χ1v) is 8.27. The molecule has 0 bridgehead atoms. The molecule has 2 amide bonds. The van der Waals surface area contributed by atoms with Crippen LogP contribution in [0, 0.1) is 18.8 Å². The monoisotopic (exact) mass is 372 g/mol. The molecule has 0 spiro atoms. The normalized spacial score (nSPS) is 19.0. The number of anilines is 2. The molecule has 2 aromatic carbocycles. The molecule has 0 aromatic heterocycles. The van der Waals surface area contributed by atoms with Gasteiger partial charge in [0.2, 0.25) is 11.8 Å². The predicted molar refractivity (Wildman–Crippen MR) is 94.2 cm³/mol. The average molecular weight is 373 g/mol. The molecule has 4 nitrogen and oxygen atoms in total. The second-order valence-corrected chi connectivity index (χ2v) is 6.63. The summed E-state index contributed by atoms with van der Waals surface area (Å²) < 4.78 is 0.844. The van der Waals surface area contributed by atoms with Crippen molar-refractivity contribution in [2.24, 2.45) is 11.8 Å². The minimum absolute atomic E-state index is 0.0979. The quantitative estimate of drug-likeness (QED) is 0.852. The highest BCUT2D eigenvalue weighted by molar-refractivity contribution is 9.10. The molecule has 2 N–H and O–H groups in total. The summed E-state index contributed by atoms with van der Waals surface area (Å²) in [6.45, 7) is 1.99. The van der Waals surface area contributed by atoms with Gasteiger partial charge < -0.3 is 10.6 Å². The molecule has 2 unspecified atom stereocenters. The zero-order valence-corrected chi connectivity index (χ0v) is 14.3. The number of aryl methyl sites for hydroxylation is 1. The first-order chi connectivity index (χ1) is 11.0. The van der Waals surface area contributed by atoms with Crippen molar-refractivity contribution in [3.05, 3.63) is 58.6 Å². The van der Waals surface area contributed by atoms with E-state index in [1.807, 2.05) is 55.5 Å². The summed E-state index contributed by atoms with van der Waals surface area (Å²) in [5, 5.41) is 5.73. The van der Waals surface area contributed by atoms with Crippen LogP contribution in [-0.4, -0.2) is 11.8 Å². The van der Waals surface area contributed by atoms with E-state index in [0.29, 0.717) is 6.42 Å². The Morgan fingerprint density at radius 1 is 1.00 bits per heavy atom. The Labute approximate surface area is 143 Å². The van der Waals surface area contributed by atoms with Crippen LogP contribution in [0.25, 0.3) is 0 Å². The summed E-state index contributed by atoms with van der Waals surface area (Å²) in [5.41, 5.74) is 2.60. The van der Waals surface area contributed by atoms with E-state index >= 15 is 0 Å². The van der Waals surface area contributed by atoms with Gasteiger partial charge in [-0.1, -0.05) is 24.3 Å². The Balaban J connectivity index is 1.57. The van der Waals surface area contributed by atoms with Crippen LogP contribution in [-0.2, 0) is 9.59 Å². The van der Waals surface area contributed by atoms with E-state index in [-0.39, 0.29) is 23.7 Å². The number of benzene rings is 2. The lowest BCUT2D eigenvalue weighted by molar-refractivity contribution is -0.122. The van der Waals surface area contributed by atoms with E-state index in [9.17, 15) is 9.59 Å². The largest absolute Gasteiger partial charge is 0.326 e. The first-order valence-electron chi connectivity index (χ1n) is 7.47. The molecule has 23 heavy (non-hydrogen) atoms. The van der Waals surface area contributed by atoms with Crippen molar-refractivity contribution in [3.8, 4) is 0 Å². The summed E-state index contributed by atoms with van der Waals surface area (Å²) in [5.74, 6) is -0.714. The second-order valence-electron chi connectivity index (χ2n) is 5.78. The second kappa shape index (κ2) is 6.54. The third kappa shape index (κ3) is 3.79. The fourth-order valence-electron chi connectivity index (χ4n) is 2.48. The summed E-state index contributed by atoms with van der Waals surface area (Å²) >= 11 is 3.44. The molecule has 0 saturated heterocycles. The van der Waals surface area contributed by atoms with Crippen molar-refractivity contribution < 1.29 is 9.59 Å². The van der Waals surface area contributed by atoms with E-state index in [1.165, 1.54) is 0 Å². The molecule has 1 aliphatic rings. The summed E-state index contributed by atoms with van der Waals surface area (Å²) in [7, 11) is 0. The van der Waals surface area contributed by atoms with Gasteiger partial charge in [-0.15, -0.1) is 0 Å². The average Bonchev–Trinajstić information content (AvgIpc) is 3.32. The van der Waals surface area contributed by atoms with Gasteiger partial charge in [0, 0.05) is 10.2 Å². The van der Waals surface area contributed by atoms with E-state index in [0.717, 1.165) is 21.4 Å². The Kier molecular flexibility index (Phi) is 4.48. The molecule has 2 aromatic rings. The Morgan fingerprint density at radius 3 is 2.30 bits per heavy atom. The molecule has 1 fully saturated rings. The van der Waals surface area contributed by atoms with Crippen LogP contribution in [0.5, 0.6) is 0 Å². The standard InChI is InChI=1S/C18H17BrN2O2/c1-11-7-8-16(15(19)9-11)21-18(23)14-10-13(14)17(22)20-12-5-3-2-4-6-12/h2-9,13-14H,10H2,1H3,(H,20,22)(H,21,23). The lowest BCUT2D eigenvalue weighted by Crippen LogP contribution is -2.20. The van der Waals surface area contributed by atoms with Gasteiger partial charge in [0.1, 0.15) is 0 Å². The maximum absolute atomic E-state index is 12.3. The topological polar surface area (TPSA) is 58.2 Å². The van der Waals surface area contributed by atoms with Crippen LogP contribution < -0.4 is 10.6 Å². The van der Waals surface area contributed by atoms with Crippen LogP contribution >= 0.6 is 15.9 Å². The van der Waals surface area contributed by atoms with Crippen molar-refractivity contribution in [2.45, 2.75) is 13.3 Å². The van der Waals surface area contributed by atoms with Crippen LogP contribution in [0.2, 0.25) is 0 Å². The molecule has 3 rings (SSSR count). The molecule has 1 saturated carbocycles. The zero-order valence-electron chi connectivity index (χ0n) is 12.7. The highest BCUT2D eigenvalue weighted by atomic mass is 79.9. The Bertz CT molecular complexity index is 746. The maximum Gasteiger partial charge on any atom is 0.228 e. The fraction of sp³-hybridized carbons (Fsp3) is 0.222. The van der Waals surface area contributed by atoms with Gasteiger partial charge in [-0.2, -0.15) is 0 Å². The van der Waals surface area contributed by atoms with E-state index in [2.05, 4.69) is 26.6 Å². The highest BCUT2D eigenvalue weighted by Gasteiger charge is 2.48. The molecule has 0 heterocycles. The number of amides is 2. The number of hydrogen-bond donors (Lipinski definition) is 2. The lowest BCUT2D eigenvalue weighted by atomic mass is 10.2. The van der Waals surface area contributed by atoms with Crippen LogP contribution in [0.4, 0.5) is 11.4 Å². The minimum atomic E-state index is -0.257. The molecule has 0 radical (unpaired) electrons. The third-order valence-electron chi connectivity index (χ3n) is 3.89. The number of halogens is 1. The minimum Gasteiger partial charge on any atom is -0.326 e. The summed E-state index contributed by atoms with van der Waals surface area (Å²) in [4.78, 5) is 24.4. The SMILES string of the molecule is Cc1ccc(NC(=O)C2CC2C(=O)Nc2ccccc2)c(Br)c1. The van der Waals surface area contributed by atoms with Crippen LogP contribution in [0.15, 0.2) is 53.0 Å². The Hall–Kier alpha value is -2.14. The number of carbonyl (C=O) groups is 2. The number of rotatable bonds is 4. The molecular weight excluding hydrogens is 356 g/mol. The highest BCUT2D eigenvalue weighted by Crippen LogP contribution is 2.40. The van der Waals surface area contributed by atoms with E-state index in [1.54, 1.807) is 0 Å². The van der Waals surface area contributed by atoms with Crippen molar-refractivity contribution in [2.75, 3.05) is 10.6 Å². The van der Waals surface area contributed by atoms with Crippen LogP contribution in [0.3, 0.4) is 0 Å². The van der Waals surface area contributed by atoms with Crippen molar-refractivity contribution >= 4 is 39.1 Å². The fourth-order valence-corrected chi connectivity index (χ4v) is 3.07. The third-order valence-corrected chi connectivity index (χ3v) is 4.54. The van der Waals surface area contributed by atoms with Gasteiger partial charge in [-0.3, -0.25) is 9.59 Å². The number of nitrogens with one attached hydrogen (secondary N) is 2. The van der Waals surface area contributed by atoms with Crippen molar-refractivity contribution in [1.82, 2.24) is 0 Å². The van der Waals surface area contributed by atoms with Crippen LogP contribution in [0.1, 0.15) is 12.0 Å². The number of hydrogen-bond acceptors (Lipinski definition) is 2. The van der Waals surface area contributed by atoms with Crippen molar-refractivity contribution in [3.63, 3.8) is 0 Å². The van der Waals surface area contributed by atoms with E-state index < -0.39 is 0 Å². The molecule has 1 aliphatic carbocycles. The summed E-state index contributed by atoms with van der Waals surface area (Å²) in [6, 6.07) is 15.0. The molecule has 5 heteroatoms. The molecular formula is C18H17BrN2O2. The number of carbonyl (C=O) groups excluding carboxylic acids is 2. The van der Waals surface area contributed by atoms with Gasteiger partial charge in [0.25, 0.3) is 0 Å². The Morgan fingerprint density at radius 2 is 1.65 bits per heavy atom. The first kappa shape index (κ1) is 15.7. The number of para-hydroxylation sites is 1. The van der Waals surface area contributed by atoms with Crippen molar-refractivity contribution in [1.29, 1.82) is 0 Å². The van der Waals surface area contributed by atoms with Gasteiger partial charge in [0.15, 0.2) is 0 Å². The smallest absolute Gasteiger partial charge is 0.228 e. The van der Waals surface area contributed by atoms with Gasteiger partial charge in [-0.25, -0.2) is 0 Å². The van der Waals surface area contributed by atoms with Gasteiger partial charge >= 0.3 is 0 Å². The van der Waals surface area contributed by atoms with Gasteiger partial charge in [-0.05, 0) is 59.1 Å². The molecule has 2 atom stereocenters. The zero-order chi connectivity index (χ0) is 16.4. The predicted octanol–water partition coefficient (Wildman–Crippen LogP) is 3.97. The molecule has 118 valence electrons. The van der Waals surface area contributed by atoms with Gasteiger partial charge in [0.05, 0.1) is 17.5 Å². The summed E-state index contributed by atoms with van der Waals surface area (Å²) in [6.07, 6.45) is 0.591. The molecule has 0 aliphatic heterocycles. The lowest BCUT2D eigenvalue weighted by Gasteiger charge is -2.08.